The van der Waals surface area contributed by atoms with Crippen LogP contribution in [-0.4, -0.2) is 12.3 Å². The van der Waals surface area contributed by atoms with Gasteiger partial charge in [-0.25, -0.2) is 4.39 Å². The topological polar surface area (TPSA) is 9.23 Å². The number of hydrogen-bond donors (Lipinski definition) is 0. The number of halogens is 4. The fourth-order valence-electron chi connectivity index (χ4n) is 0.229. The molecule has 0 amide bonds. The highest BCUT2D eigenvalue weighted by atomic mass is 19.3. The fraction of sp³-hybridized carbons (Fsp3) is 0.600. The monoisotopic (exact) mass is 158 g/mol. The molecule has 0 heterocycles. The van der Waals surface area contributed by atoms with E-state index in [1.54, 1.807) is 0 Å². The van der Waals surface area contributed by atoms with E-state index in [0.717, 1.165) is 0 Å². The Morgan fingerprint density at radius 2 is 2.00 bits per heavy atom. The molecule has 0 aromatic heterocycles. The molecule has 0 saturated heterocycles. The third-order valence-corrected chi connectivity index (χ3v) is 0.710. The van der Waals surface area contributed by atoms with E-state index in [2.05, 4.69) is 11.3 Å². The van der Waals surface area contributed by atoms with Crippen LogP contribution in [-0.2, 0) is 4.74 Å². The van der Waals surface area contributed by atoms with Crippen molar-refractivity contribution in [2.24, 2.45) is 0 Å². The van der Waals surface area contributed by atoms with Crippen molar-refractivity contribution in [3.8, 4) is 0 Å². The molecule has 0 bridgehead atoms. The molecule has 0 fully saturated rings. The van der Waals surface area contributed by atoms with Crippen molar-refractivity contribution in [3.63, 3.8) is 0 Å². The standard InChI is InChI=1S/C5H6F4O/c1-3(6)5(8,9)10-4(2)7/h3H,2H2,1H3. The highest BCUT2D eigenvalue weighted by Crippen LogP contribution is 2.25. The molecule has 0 spiro atoms. The average Bonchev–Trinajstić information content (AvgIpc) is 1.60. The summed E-state index contributed by atoms with van der Waals surface area (Å²) in [6.07, 6.45) is -6.67. The fourth-order valence-corrected chi connectivity index (χ4v) is 0.229. The minimum Gasteiger partial charge on any atom is -0.405 e. The minimum absolute atomic E-state index is 0.558. The van der Waals surface area contributed by atoms with E-state index < -0.39 is 18.3 Å². The van der Waals surface area contributed by atoms with Gasteiger partial charge in [0.25, 0.3) is 6.01 Å². The SMILES string of the molecule is C=C(F)OC(F)(F)C(C)F. The van der Waals surface area contributed by atoms with Gasteiger partial charge in [-0.1, -0.05) is 0 Å². The van der Waals surface area contributed by atoms with Crippen molar-refractivity contribution in [2.75, 3.05) is 0 Å². The Bertz CT molecular complexity index is 132. The Hall–Kier alpha value is -0.740. The smallest absolute Gasteiger partial charge is 0.405 e. The van der Waals surface area contributed by atoms with Gasteiger partial charge in [-0.3, -0.25) is 0 Å². The van der Waals surface area contributed by atoms with Gasteiger partial charge in [-0.05, 0) is 13.5 Å². The van der Waals surface area contributed by atoms with Crippen molar-refractivity contribution >= 4 is 0 Å². The zero-order valence-electron chi connectivity index (χ0n) is 5.20. The minimum atomic E-state index is -4.12. The van der Waals surface area contributed by atoms with E-state index in [1.165, 1.54) is 0 Å². The Morgan fingerprint density at radius 3 is 2.10 bits per heavy atom. The van der Waals surface area contributed by atoms with Crippen LogP contribution in [0.1, 0.15) is 6.92 Å². The van der Waals surface area contributed by atoms with Crippen LogP contribution in [0.3, 0.4) is 0 Å². The van der Waals surface area contributed by atoms with Crippen LogP contribution in [0.5, 0.6) is 0 Å². The molecule has 0 rings (SSSR count). The summed E-state index contributed by atoms with van der Waals surface area (Å²) in [4.78, 5) is 0. The number of ether oxygens (including phenoxy) is 1. The molecule has 0 radical (unpaired) electrons. The Kier molecular flexibility index (Phi) is 2.68. The first kappa shape index (κ1) is 9.26. The van der Waals surface area contributed by atoms with Crippen LogP contribution in [0.4, 0.5) is 17.6 Å². The Morgan fingerprint density at radius 1 is 1.60 bits per heavy atom. The van der Waals surface area contributed by atoms with Crippen molar-refractivity contribution in [2.45, 2.75) is 19.2 Å². The molecule has 0 aliphatic rings. The second-order valence-corrected chi connectivity index (χ2v) is 1.63. The van der Waals surface area contributed by atoms with Crippen molar-refractivity contribution in [1.82, 2.24) is 0 Å². The van der Waals surface area contributed by atoms with E-state index in [4.69, 9.17) is 0 Å². The molecule has 1 unspecified atom stereocenters. The maximum Gasteiger partial charge on any atom is 0.431 e. The predicted octanol–water partition coefficient (Wildman–Crippen LogP) is 2.39. The van der Waals surface area contributed by atoms with Crippen LogP contribution < -0.4 is 0 Å². The van der Waals surface area contributed by atoms with Crippen LogP contribution in [0.25, 0.3) is 0 Å². The van der Waals surface area contributed by atoms with E-state index >= 15 is 0 Å². The lowest BCUT2D eigenvalue weighted by Crippen LogP contribution is -2.29. The third-order valence-electron chi connectivity index (χ3n) is 0.710. The van der Waals surface area contributed by atoms with E-state index in [-0.39, 0.29) is 0 Å². The van der Waals surface area contributed by atoms with Crippen LogP contribution in [0.15, 0.2) is 12.6 Å². The van der Waals surface area contributed by atoms with Crippen LogP contribution in [0.2, 0.25) is 0 Å². The first-order valence-electron chi connectivity index (χ1n) is 2.41. The summed E-state index contributed by atoms with van der Waals surface area (Å²) in [5.41, 5.74) is 0. The second kappa shape index (κ2) is 2.90. The van der Waals surface area contributed by atoms with Gasteiger partial charge in [0.15, 0.2) is 0 Å². The maximum atomic E-state index is 11.9. The summed E-state index contributed by atoms with van der Waals surface area (Å²) in [5.74, 6) is 0. The van der Waals surface area contributed by atoms with Gasteiger partial charge in [-0.15, -0.1) is 0 Å². The molecule has 1 atom stereocenters. The predicted molar refractivity (Wildman–Crippen MR) is 26.8 cm³/mol. The van der Waals surface area contributed by atoms with E-state index in [0.29, 0.717) is 6.92 Å². The maximum absolute atomic E-state index is 11.9. The molecule has 0 aliphatic carbocycles. The quantitative estimate of drug-likeness (QED) is 0.452. The van der Waals surface area contributed by atoms with Crippen molar-refractivity contribution in [3.05, 3.63) is 12.6 Å². The van der Waals surface area contributed by atoms with Gasteiger partial charge < -0.3 is 4.74 Å². The number of hydrogen-bond acceptors (Lipinski definition) is 1. The molecular weight excluding hydrogens is 152 g/mol. The van der Waals surface area contributed by atoms with E-state index in [1.807, 2.05) is 0 Å². The molecule has 0 aromatic rings. The summed E-state index contributed by atoms with van der Waals surface area (Å²) in [5, 5.41) is 0. The lowest BCUT2D eigenvalue weighted by atomic mass is 10.4. The summed E-state index contributed by atoms with van der Waals surface area (Å²) in [6, 6.07) is -1.70. The van der Waals surface area contributed by atoms with Gasteiger partial charge in [0.05, 0.1) is 0 Å². The zero-order valence-corrected chi connectivity index (χ0v) is 5.20. The normalized spacial score (nSPS) is 14.5. The highest BCUT2D eigenvalue weighted by molar-refractivity contribution is 4.71. The lowest BCUT2D eigenvalue weighted by Gasteiger charge is -2.16. The lowest BCUT2D eigenvalue weighted by molar-refractivity contribution is -0.258. The largest absolute Gasteiger partial charge is 0.431 e. The third kappa shape index (κ3) is 2.70. The highest BCUT2D eigenvalue weighted by Gasteiger charge is 2.40. The molecule has 5 heteroatoms. The molecule has 0 aromatic carbocycles. The first-order valence-corrected chi connectivity index (χ1v) is 2.41. The molecule has 10 heavy (non-hydrogen) atoms. The average molecular weight is 158 g/mol. The molecular formula is C5H6F4O. The molecule has 60 valence electrons. The zero-order chi connectivity index (χ0) is 8.36. The van der Waals surface area contributed by atoms with Gasteiger partial charge in [0, 0.05) is 0 Å². The Labute approximate surface area is 55.3 Å². The summed E-state index contributed by atoms with van der Waals surface area (Å²) >= 11 is 0. The second-order valence-electron chi connectivity index (χ2n) is 1.63. The van der Waals surface area contributed by atoms with Crippen LogP contribution >= 0.6 is 0 Å². The van der Waals surface area contributed by atoms with Gasteiger partial charge in [0.1, 0.15) is 0 Å². The Balaban J connectivity index is 3.99. The van der Waals surface area contributed by atoms with Gasteiger partial charge in [-0.2, -0.15) is 13.2 Å². The van der Waals surface area contributed by atoms with Gasteiger partial charge in [0.2, 0.25) is 6.17 Å². The van der Waals surface area contributed by atoms with Crippen molar-refractivity contribution in [1.29, 1.82) is 0 Å². The van der Waals surface area contributed by atoms with E-state index in [9.17, 15) is 17.6 Å². The van der Waals surface area contributed by atoms with Crippen LogP contribution in [0, 0.1) is 0 Å². The molecule has 0 N–H and O–H groups in total. The summed E-state index contributed by atoms with van der Waals surface area (Å²) < 4.78 is 50.2. The molecule has 1 nitrogen and oxygen atoms in total. The van der Waals surface area contributed by atoms with Gasteiger partial charge >= 0.3 is 6.11 Å². The number of alkyl halides is 3. The van der Waals surface area contributed by atoms with Crippen molar-refractivity contribution < 1.29 is 22.3 Å². The molecule has 0 aliphatic heterocycles. The number of rotatable bonds is 3. The first-order chi connectivity index (χ1) is 4.36. The summed E-state index contributed by atoms with van der Waals surface area (Å²) in [6.45, 7) is 2.95. The molecule has 0 saturated carbocycles. The summed E-state index contributed by atoms with van der Waals surface area (Å²) in [7, 11) is 0.